The van der Waals surface area contributed by atoms with Crippen molar-refractivity contribution in [3.05, 3.63) is 11.6 Å². The molecule has 0 aromatic carbocycles. The first-order chi connectivity index (χ1) is 7.13. The lowest BCUT2D eigenvalue weighted by atomic mass is 10.1. The van der Waals surface area contributed by atoms with E-state index in [1.54, 1.807) is 6.08 Å². The van der Waals surface area contributed by atoms with Crippen LogP contribution in [0.4, 0.5) is 0 Å². The number of likely N-dealkylation sites (N-methyl/N-ethyl adjacent to an activating group) is 1. The molecule has 0 aromatic heterocycles. The lowest BCUT2D eigenvalue weighted by Crippen LogP contribution is -2.34. The van der Waals surface area contributed by atoms with Crippen LogP contribution in [0.25, 0.3) is 0 Å². The van der Waals surface area contributed by atoms with Gasteiger partial charge in [-0.15, -0.1) is 0 Å². The van der Waals surface area contributed by atoms with Crippen molar-refractivity contribution in [2.75, 3.05) is 26.3 Å². The predicted molar refractivity (Wildman–Crippen MR) is 60.6 cm³/mol. The molecule has 15 heavy (non-hydrogen) atoms. The Morgan fingerprint density at radius 1 is 1.53 bits per heavy atom. The molecule has 3 heteroatoms. The second-order valence-corrected chi connectivity index (χ2v) is 4.33. The van der Waals surface area contributed by atoms with E-state index >= 15 is 0 Å². The molecular weight excluding hydrogens is 190 g/mol. The topological polar surface area (TPSA) is 29.5 Å². The highest BCUT2D eigenvalue weighted by molar-refractivity contribution is 5.88. The first-order valence-electron chi connectivity index (χ1n) is 5.65. The zero-order valence-electron chi connectivity index (χ0n) is 9.95. The summed E-state index contributed by atoms with van der Waals surface area (Å²) < 4.78 is 5.31. The molecule has 1 aliphatic rings. The first-order valence-corrected chi connectivity index (χ1v) is 5.65. The number of amides is 1. The van der Waals surface area contributed by atoms with Gasteiger partial charge in [0.05, 0.1) is 6.61 Å². The van der Waals surface area contributed by atoms with Gasteiger partial charge in [-0.1, -0.05) is 5.57 Å². The fourth-order valence-electron chi connectivity index (χ4n) is 1.75. The Hall–Kier alpha value is -0.830. The molecule has 0 N–H and O–H groups in total. The first kappa shape index (κ1) is 12.2. The average Bonchev–Trinajstić information content (AvgIpc) is 2.65. The zero-order chi connectivity index (χ0) is 11.3. The fraction of sp³-hybridized carbons (Fsp3) is 0.750. The van der Waals surface area contributed by atoms with Gasteiger partial charge in [0.2, 0.25) is 5.91 Å². The number of allylic oxidation sites excluding steroid dienone is 1. The molecule has 1 atom stereocenters. The van der Waals surface area contributed by atoms with Crippen LogP contribution >= 0.6 is 0 Å². The summed E-state index contributed by atoms with van der Waals surface area (Å²) in [6, 6.07) is 0. The minimum Gasteiger partial charge on any atom is -0.381 e. The van der Waals surface area contributed by atoms with Crippen LogP contribution in [0, 0.1) is 5.92 Å². The highest BCUT2D eigenvalue weighted by Crippen LogP contribution is 2.14. The van der Waals surface area contributed by atoms with E-state index in [1.165, 1.54) is 0 Å². The molecule has 3 nitrogen and oxygen atoms in total. The van der Waals surface area contributed by atoms with E-state index < -0.39 is 0 Å². The van der Waals surface area contributed by atoms with Crippen LogP contribution < -0.4 is 0 Å². The third-order valence-electron chi connectivity index (χ3n) is 2.61. The van der Waals surface area contributed by atoms with Gasteiger partial charge in [0.25, 0.3) is 0 Å². The second-order valence-electron chi connectivity index (χ2n) is 4.33. The molecule has 1 heterocycles. The predicted octanol–water partition coefficient (Wildman–Crippen LogP) is 1.84. The number of carbonyl (C=O) groups excluding carboxylic acids is 1. The van der Waals surface area contributed by atoms with E-state index in [2.05, 4.69) is 0 Å². The normalized spacial score (nSPS) is 20.1. The van der Waals surface area contributed by atoms with E-state index in [-0.39, 0.29) is 5.91 Å². The Kier molecular flexibility index (Phi) is 4.82. The van der Waals surface area contributed by atoms with Gasteiger partial charge in [0.15, 0.2) is 0 Å². The molecule has 1 amide bonds. The van der Waals surface area contributed by atoms with Crippen LogP contribution in [0.3, 0.4) is 0 Å². The van der Waals surface area contributed by atoms with Crippen molar-refractivity contribution in [3.8, 4) is 0 Å². The van der Waals surface area contributed by atoms with Crippen LogP contribution in [-0.4, -0.2) is 37.1 Å². The Labute approximate surface area is 92.1 Å². The maximum atomic E-state index is 11.8. The van der Waals surface area contributed by atoms with Crippen molar-refractivity contribution >= 4 is 5.91 Å². The van der Waals surface area contributed by atoms with Crippen molar-refractivity contribution in [1.82, 2.24) is 4.90 Å². The highest BCUT2D eigenvalue weighted by Gasteiger charge is 2.20. The maximum Gasteiger partial charge on any atom is 0.246 e. The molecule has 0 bridgehead atoms. The van der Waals surface area contributed by atoms with Gasteiger partial charge in [-0.25, -0.2) is 0 Å². The summed E-state index contributed by atoms with van der Waals surface area (Å²) >= 11 is 0. The summed E-state index contributed by atoms with van der Waals surface area (Å²) in [6.07, 6.45) is 2.79. The van der Waals surface area contributed by atoms with Crippen molar-refractivity contribution in [3.63, 3.8) is 0 Å². The minimum atomic E-state index is 0.129. The summed E-state index contributed by atoms with van der Waals surface area (Å²) in [7, 11) is 0. The van der Waals surface area contributed by atoms with Crippen LogP contribution in [0.2, 0.25) is 0 Å². The molecule has 0 spiro atoms. The summed E-state index contributed by atoms with van der Waals surface area (Å²) in [5, 5.41) is 0. The zero-order valence-corrected chi connectivity index (χ0v) is 9.95. The van der Waals surface area contributed by atoms with Crippen molar-refractivity contribution in [2.24, 2.45) is 5.92 Å². The largest absolute Gasteiger partial charge is 0.381 e. The van der Waals surface area contributed by atoms with Gasteiger partial charge in [-0.2, -0.15) is 0 Å². The molecule has 1 aliphatic heterocycles. The summed E-state index contributed by atoms with van der Waals surface area (Å²) in [5.74, 6) is 0.656. The smallest absolute Gasteiger partial charge is 0.246 e. The SMILES string of the molecule is CCN(CC1CCOC1)C(=O)C=C(C)C. The van der Waals surface area contributed by atoms with Gasteiger partial charge in [-0.3, -0.25) is 4.79 Å². The second kappa shape index (κ2) is 5.91. The van der Waals surface area contributed by atoms with E-state index in [0.717, 1.165) is 38.3 Å². The standard InChI is InChI=1S/C12H21NO2/c1-4-13(12(14)7-10(2)3)8-11-5-6-15-9-11/h7,11H,4-6,8-9H2,1-3H3. The summed E-state index contributed by atoms with van der Waals surface area (Å²) in [5.41, 5.74) is 1.06. The molecule has 1 unspecified atom stereocenters. The third kappa shape index (κ3) is 4.04. The van der Waals surface area contributed by atoms with Gasteiger partial charge in [0.1, 0.15) is 0 Å². The molecule has 0 radical (unpaired) electrons. The number of carbonyl (C=O) groups is 1. The Bertz CT molecular complexity index is 238. The molecule has 86 valence electrons. The number of nitrogens with zero attached hydrogens (tertiary/aromatic N) is 1. The van der Waals surface area contributed by atoms with E-state index in [1.807, 2.05) is 25.7 Å². The van der Waals surface area contributed by atoms with Crippen LogP contribution in [0.15, 0.2) is 11.6 Å². The molecule has 0 aromatic rings. The van der Waals surface area contributed by atoms with Crippen molar-refractivity contribution in [1.29, 1.82) is 0 Å². The summed E-state index contributed by atoms with van der Waals surface area (Å²) in [4.78, 5) is 13.7. The van der Waals surface area contributed by atoms with Crippen molar-refractivity contribution < 1.29 is 9.53 Å². The lowest BCUT2D eigenvalue weighted by molar-refractivity contribution is -0.126. The molecule has 1 saturated heterocycles. The van der Waals surface area contributed by atoms with E-state index in [9.17, 15) is 4.79 Å². The van der Waals surface area contributed by atoms with Gasteiger partial charge >= 0.3 is 0 Å². The molecular formula is C12H21NO2. The van der Waals surface area contributed by atoms with Crippen LogP contribution in [0.1, 0.15) is 27.2 Å². The number of ether oxygens (including phenoxy) is 1. The number of hydrogen-bond donors (Lipinski definition) is 0. The van der Waals surface area contributed by atoms with E-state index in [4.69, 9.17) is 4.74 Å². The lowest BCUT2D eigenvalue weighted by Gasteiger charge is -2.22. The number of rotatable bonds is 4. The average molecular weight is 211 g/mol. The molecule has 1 rings (SSSR count). The fourth-order valence-corrected chi connectivity index (χ4v) is 1.75. The molecule has 1 fully saturated rings. The van der Waals surface area contributed by atoms with Gasteiger partial charge < -0.3 is 9.64 Å². The van der Waals surface area contributed by atoms with Crippen LogP contribution in [0.5, 0.6) is 0 Å². The number of hydrogen-bond acceptors (Lipinski definition) is 2. The Balaban J connectivity index is 2.47. The van der Waals surface area contributed by atoms with Crippen molar-refractivity contribution in [2.45, 2.75) is 27.2 Å². The monoisotopic (exact) mass is 211 g/mol. The molecule has 0 aliphatic carbocycles. The quantitative estimate of drug-likeness (QED) is 0.664. The molecule has 0 saturated carbocycles. The maximum absolute atomic E-state index is 11.8. The minimum absolute atomic E-state index is 0.129. The summed E-state index contributed by atoms with van der Waals surface area (Å²) in [6.45, 7) is 9.18. The third-order valence-corrected chi connectivity index (χ3v) is 2.61. The highest BCUT2D eigenvalue weighted by atomic mass is 16.5. The Morgan fingerprint density at radius 2 is 2.27 bits per heavy atom. The Morgan fingerprint density at radius 3 is 2.73 bits per heavy atom. The van der Waals surface area contributed by atoms with E-state index in [0.29, 0.717) is 5.92 Å². The van der Waals surface area contributed by atoms with Gasteiger partial charge in [0, 0.05) is 31.7 Å². The van der Waals surface area contributed by atoms with Gasteiger partial charge in [-0.05, 0) is 27.2 Å². The van der Waals surface area contributed by atoms with Crippen LogP contribution in [-0.2, 0) is 9.53 Å².